The molecule has 0 aromatic carbocycles. The van der Waals surface area contributed by atoms with Gasteiger partial charge in [-0.1, -0.05) is 30.0 Å². The van der Waals surface area contributed by atoms with Gasteiger partial charge in [0.05, 0.1) is 23.3 Å². The molecule has 0 radical (unpaired) electrons. The van der Waals surface area contributed by atoms with E-state index in [2.05, 4.69) is 4.90 Å². The number of aryl methyl sites for hydroxylation is 1. The SMILES string of the molecule is Cc1ccc2nc(N3CCCCC3)c(C=C3SC(=S)N(Cc4ccco4)C3=O)c(=O)n2c1. The fourth-order valence-electron chi connectivity index (χ4n) is 4.05. The van der Waals surface area contributed by atoms with Gasteiger partial charge in [-0.2, -0.15) is 0 Å². The number of piperidine rings is 1. The van der Waals surface area contributed by atoms with Crippen molar-refractivity contribution in [1.29, 1.82) is 0 Å². The van der Waals surface area contributed by atoms with E-state index in [9.17, 15) is 9.59 Å². The number of carbonyl (C=O) groups excluding carboxylic acids is 1. The normalized spacial score (nSPS) is 18.3. The number of amides is 1. The van der Waals surface area contributed by atoms with Crippen LogP contribution in [0.15, 0.2) is 50.8 Å². The predicted molar refractivity (Wildman–Crippen MR) is 130 cm³/mol. The van der Waals surface area contributed by atoms with Gasteiger partial charge < -0.3 is 9.32 Å². The topological polar surface area (TPSA) is 71.1 Å². The fourth-order valence-corrected chi connectivity index (χ4v) is 5.28. The maximum Gasteiger partial charge on any atom is 0.267 e. The summed E-state index contributed by atoms with van der Waals surface area (Å²) >= 11 is 6.65. The van der Waals surface area contributed by atoms with Gasteiger partial charge in [0.25, 0.3) is 11.5 Å². The first-order valence-corrected chi connectivity index (χ1v) is 11.8. The number of rotatable bonds is 4. The van der Waals surface area contributed by atoms with E-state index < -0.39 is 0 Å². The van der Waals surface area contributed by atoms with E-state index in [1.54, 1.807) is 35.1 Å². The molecule has 2 aliphatic rings. The molecule has 32 heavy (non-hydrogen) atoms. The summed E-state index contributed by atoms with van der Waals surface area (Å²) in [5, 5.41) is 0. The molecule has 2 saturated heterocycles. The van der Waals surface area contributed by atoms with E-state index in [1.807, 2.05) is 19.1 Å². The summed E-state index contributed by atoms with van der Waals surface area (Å²) in [4.78, 5) is 35.6. The van der Waals surface area contributed by atoms with Crippen LogP contribution < -0.4 is 10.5 Å². The Labute approximate surface area is 194 Å². The van der Waals surface area contributed by atoms with Crippen LogP contribution in [0.1, 0.15) is 36.1 Å². The fraction of sp³-hybridized carbons (Fsp3) is 0.304. The average Bonchev–Trinajstić information content (AvgIpc) is 3.40. The van der Waals surface area contributed by atoms with Gasteiger partial charge in [-0.25, -0.2) is 4.98 Å². The van der Waals surface area contributed by atoms with Crippen LogP contribution in [0.25, 0.3) is 11.7 Å². The van der Waals surface area contributed by atoms with Crippen LogP contribution in [-0.2, 0) is 11.3 Å². The largest absolute Gasteiger partial charge is 0.467 e. The number of thioether (sulfide) groups is 1. The van der Waals surface area contributed by atoms with Crippen molar-refractivity contribution in [1.82, 2.24) is 14.3 Å². The number of carbonyl (C=O) groups is 1. The van der Waals surface area contributed by atoms with Crippen LogP contribution in [0, 0.1) is 6.92 Å². The van der Waals surface area contributed by atoms with Gasteiger partial charge >= 0.3 is 0 Å². The summed E-state index contributed by atoms with van der Waals surface area (Å²) in [5.74, 6) is 1.06. The molecule has 0 saturated carbocycles. The van der Waals surface area contributed by atoms with Crippen LogP contribution in [0.2, 0.25) is 0 Å². The number of thiocarbonyl (C=S) groups is 1. The maximum atomic E-state index is 13.5. The maximum absolute atomic E-state index is 13.5. The Morgan fingerprint density at radius 3 is 2.75 bits per heavy atom. The van der Waals surface area contributed by atoms with Gasteiger partial charge in [-0.15, -0.1) is 0 Å². The minimum Gasteiger partial charge on any atom is -0.467 e. The van der Waals surface area contributed by atoms with Crippen molar-refractivity contribution in [2.45, 2.75) is 32.7 Å². The molecular weight excluding hydrogens is 444 g/mol. The Morgan fingerprint density at radius 1 is 1.19 bits per heavy atom. The Morgan fingerprint density at radius 2 is 2.00 bits per heavy atom. The lowest BCUT2D eigenvalue weighted by Crippen LogP contribution is -2.33. The van der Waals surface area contributed by atoms with E-state index in [-0.39, 0.29) is 18.0 Å². The molecule has 0 N–H and O–H groups in total. The highest BCUT2D eigenvalue weighted by Crippen LogP contribution is 2.34. The van der Waals surface area contributed by atoms with Crippen molar-refractivity contribution in [3.8, 4) is 0 Å². The molecule has 5 rings (SSSR count). The van der Waals surface area contributed by atoms with E-state index in [4.69, 9.17) is 21.6 Å². The van der Waals surface area contributed by atoms with E-state index >= 15 is 0 Å². The first kappa shape index (κ1) is 21.0. The first-order valence-electron chi connectivity index (χ1n) is 10.6. The molecule has 1 amide bonds. The van der Waals surface area contributed by atoms with Crippen molar-refractivity contribution in [3.63, 3.8) is 0 Å². The molecule has 0 atom stereocenters. The quantitative estimate of drug-likeness (QED) is 0.425. The number of hydrogen-bond donors (Lipinski definition) is 0. The van der Waals surface area contributed by atoms with Crippen LogP contribution in [0.4, 0.5) is 5.82 Å². The predicted octanol–water partition coefficient (Wildman–Crippen LogP) is 3.99. The van der Waals surface area contributed by atoms with Crippen molar-refractivity contribution >= 4 is 51.7 Å². The lowest BCUT2D eigenvalue weighted by atomic mass is 10.1. The zero-order valence-electron chi connectivity index (χ0n) is 17.6. The molecule has 5 heterocycles. The number of nitrogens with zero attached hydrogens (tertiary/aromatic N) is 4. The standard InChI is InChI=1S/C23H22N4O3S2/c1-15-7-8-19-24-20(25-9-3-2-4-10-25)17(21(28)26(19)13-15)12-18-22(29)27(23(31)32-18)14-16-6-5-11-30-16/h5-8,11-13H,2-4,9-10,14H2,1H3. The number of aromatic nitrogens is 2. The van der Waals surface area contributed by atoms with Crippen molar-refractivity contribution in [2.75, 3.05) is 18.0 Å². The van der Waals surface area contributed by atoms with Gasteiger partial charge in [-0.3, -0.25) is 18.9 Å². The van der Waals surface area contributed by atoms with Crippen LogP contribution in [0.3, 0.4) is 0 Å². The highest BCUT2D eigenvalue weighted by atomic mass is 32.2. The zero-order chi connectivity index (χ0) is 22.2. The second kappa shape index (κ2) is 8.55. The lowest BCUT2D eigenvalue weighted by molar-refractivity contribution is -0.122. The summed E-state index contributed by atoms with van der Waals surface area (Å²) < 4.78 is 7.37. The van der Waals surface area contributed by atoms with Crippen LogP contribution in [0.5, 0.6) is 0 Å². The molecule has 3 aromatic heterocycles. The summed E-state index contributed by atoms with van der Waals surface area (Å²) in [7, 11) is 0. The number of furan rings is 1. The highest BCUT2D eigenvalue weighted by Gasteiger charge is 2.33. The van der Waals surface area contributed by atoms with Gasteiger partial charge in [0.2, 0.25) is 0 Å². The van der Waals surface area contributed by atoms with E-state index in [0.29, 0.717) is 32.0 Å². The third-order valence-corrected chi connectivity index (χ3v) is 7.06. The molecule has 0 bridgehead atoms. The van der Waals surface area contributed by atoms with E-state index in [0.717, 1.165) is 31.5 Å². The Kier molecular flexibility index (Phi) is 5.60. The minimum absolute atomic E-state index is 0.185. The second-order valence-electron chi connectivity index (χ2n) is 7.98. The van der Waals surface area contributed by atoms with Crippen molar-refractivity contribution in [2.24, 2.45) is 0 Å². The molecule has 3 aromatic rings. The first-order chi connectivity index (χ1) is 15.5. The smallest absolute Gasteiger partial charge is 0.267 e. The summed E-state index contributed by atoms with van der Waals surface area (Å²) in [5.41, 5.74) is 1.80. The van der Waals surface area contributed by atoms with Gasteiger partial charge in [-0.05, 0) is 56.0 Å². The molecule has 7 nitrogen and oxygen atoms in total. The minimum atomic E-state index is -0.227. The summed E-state index contributed by atoms with van der Waals surface area (Å²) in [6.07, 6.45) is 8.29. The monoisotopic (exact) mass is 466 g/mol. The summed E-state index contributed by atoms with van der Waals surface area (Å²) in [6.45, 7) is 3.88. The molecule has 2 fully saturated rings. The summed E-state index contributed by atoms with van der Waals surface area (Å²) in [6, 6.07) is 7.38. The molecule has 2 aliphatic heterocycles. The number of fused-ring (bicyclic) bond motifs is 1. The van der Waals surface area contributed by atoms with Crippen LogP contribution >= 0.6 is 24.0 Å². The van der Waals surface area contributed by atoms with Gasteiger partial charge in [0.15, 0.2) is 0 Å². The molecule has 0 unspecified atom stereocenters. The lowest BCUT2D eigenvalue weighted by Gasteiger charge is -2.29. The zero-order valence-corrected chi connectivity index (χ0v) is 19.2. The molecule has 0 aliphatic carbocycles. The number of anilines is 1. The Balaban J connectivity index is 1.60. The van der Waals surface area contributed by atoms with Crippen LogP contribution in [-0.4, -0.2) is 37.6 Å². The Hall–Kier alpha value is -2.91. The molecular formula is C23H22N4O3S2. The van der Waals surface area contributed by atoms with Gasteiger partial charge in [0, 0.05) is 19.3 Å². The molecule has 164 valence electrons. The number of hydrogen-bond acceptors (Lipinski definition) is 7. The molecule has 9 heteroatoms. The van der Waals surface area contributed by atoms with Crippen molar-refractivity contribution < 1.29 is 9.21 Å². The van der Waals surface area contributed by atoms with E-state index in [1.165, 1.54) is 23.1 Å². The third-order valence-electron chi connectivity index (χ3n) is 5.68. The van der Waals surface area contributed by atoms with Gasteiger partial charge in [0.1, 0.15) is 21.5 Å². The van der Waals surface area contributed by atoms with Crippen molar-refractivity contribution in [3.05, 3.63) is 68.9 Å². The highest BCUT2D eigenvalue weighted by molar-refractivity contribution is 8.26. The second-order valence-corrected chi connectivity index (χ2v) is 9.66. The molecule has 0 spiro atoms. The third kappa shape index (κ3) is 3.86. The average molecular weight is 467 g/mol. The Bertz CT molecular complexity index is 1290. The number of pyridine rings is 1.